The van der Waals surface area contributed by atoms with E-state index in [0.717, 1.165) is 16.9 Å². The molecule has 4 N–H and O–H groups in total. The van der Waals surface area contributed by atoms with E-state index in [1.165, 1.54) is 0 Å². The second-order valence-corrected chi connectivity index (χ2v) is 4.95. The number of carbonyl (C=O) groups is 1. The maximum Gasteiger partial charge on any atom is 0.237 e. The second-order valence-electron chi connectivity index (χ2n) is 4.95. The average Bonchev–Trinajstić information content (AvgIpc) is 2.27. The molecule has 1 aromatic rings. The van der Waals surface area contributed by atoms with Crippen molar-refractivity contribution in [1.29, 1.82) is 0 Å². The maximum atomic E-state index is 11.0. The zero-order chi connectivity index (χ0) is 13.8. The third-order valence-corrected chi connectivity index (χ3v) is 3.06. The lowest BCUT2D eigenvalue weighted by Gasteiger charge is -2.20. The number of primary amides is 1. The Balaban J connectivity index is 2.46. The fourth-order valence-corrected chi connectivity index (χ4v) is 1.76. The fraction of sp³-hybridized carbons (Fsp3) is 0.500. The van der Waals surface area contributed by atoms with E-state index >= 15 is 0 Å². The minimum atomic E-state index is -0.954. The second kappa shape index (κ2) is 5.87. The molecule has 0 saturated carbocycles. The van der Waals surface area contributed by atoms with Crippen LogP contribution < -0.4 is 16.2 Å². The lowest BCUT2D eigenvalue weighted by Crippen LogP contribution is -2.49. The Bertz CT molecular complexity index is 408. The zero-order valence-electron chi connectivity index (χ0n) is 11.3. The molecular formula is C14H22N2O2. The van der Waals surface area contributed by atoms with E-state index in [-0.39, 0.29) is 0 Å². The standard InChI is InChI=1S/C14H22N2O2/c1-10-6-4-7-11(2)12(10)18-9-5-8-14(3,16)13(15)17/h4,6-7H,5,8-9,16H2,1-3H3,(H2,15,17). The lowest BCUT2D eigenvalue weighted by molar-refractivity contribution is -0.122. The predicted molar refractivity (Wildman–Crippen MR) is 72.4 cm³/mol. The minimum Gasteiger partial charge on any atom is -0.493 e. The van der Waals surface area contributed by atoms with E-state index in [1.807, 2.05) is 32.0 Å². The Hall–Kier alpha value is -1.55. The summed E-state index contributed by atoms with van der Waals surface area (Å²) in [5.41, 5.74) is 12.2. The van der Waals surface area contributed by atoms with Crippen LogP contribution in [0.5, 0.6) is 5.75 Å². The summed E-state index contributed by atoms with van der Waals surface area (Å²) in [6.07, 6.45) is 1.22. The number of hydrogen-bond donors (Lipinski definition) is 2. The van der Waals surface area contributed by atoms with Gasteiger partial charge in [-0.15, -0.1) is 0 Å². The van der Waals surface area contributed by atoms with Crippen LogP contribution in [0.2, 0.25) is 0 Å². The quantitative estimate of drug-likeness (QED) is 0.754. The van der Waals surface area contributed by atoms with Gasteiger partial charge in [-0.2, -0.15) is 0 Å². The Morgan fingerprint density at radius 2 is 1.89 bits per heavy atom. The van der Waals surface area contributed by atoms with Gasteiger partial charge in [-0.1, -0.05) is 18.2 Å². The van der Waals surface area contributed by atoms with Crippen molar-refractivity contribution < 1.29 is 9.53 Å². The van der Waals surface area contributed by atoms with Crippen molar-refractivity contribution in [3.05, 3.63) is 29.3 Å². The summed E-state index contributed by atoms with van der Waals surface area (Å²) < 4.78 is 5.74. The van der Waals surface area contributed by atoms with Crippen LogP contribution in [0.3, 0.4) is 0 Å². The van der Waals surface area contributed by atoms with Crippen molar-refractivity contribution in [2.75, 3.05) is 6.61 Å². The average molecular weight is 250 g/mol. The molecule has 0 radical (unpaired) electrons. The summed E-state index contributed by atoms with van der Waals surface area (Å²) in [5.74, 6) is 0.435. The molecule has 0 aliphatic heterocycles. The molecule has 0 aliphatic rings. The molecule has 1 aromatic carbocycles. The molecule has 4 nitrogen and oxygen atoms in total. The molecule has 0 saturated heterocycles. The zero-order valence-corrected chi connectivity index (χ0v) is 11.3. The van der Waals surface area contributed by atoms with Crippen molar-refractivity contribution in [1.82, 2.24) is 0 Å². The summed E-state index contributed by atoms with van der Waals surface area (Å²) in [4.78, 5) is 11.0. The molecule has 0 aliphatic carbocycles. The van der Waals surface area contributed by atoms with Crippen LogP contribution >= 0.6 is 0 Å². The van der Waals surface area contributed by atoms with Crippen LogP contribution in [-0.2, 0) is 4.79 Å². The number of hydrogen-bond acceptors (Lipinski definition) is 3. The maximum absolute atomic E-state index is 11.0. The summed E-state index contributed by atoms with van der Waals surface area (Å²) in [6, 6.07) is 6.03. The van der Waals surface area contributed by atoms with Crippen LogP contribution in [0.1, 0.15) is 30.9 Å². The number of rotatable bonds is 6. The Morgan fingerprint density at radius 3 is 2.39 bits per heavy atom. The Labute approximate surface area is 108 Å². The number of carbonyl (C=O) groups excluding carboxylic acids is 1. The molecule has 100 valence electrons. The van der Waals surface area contributed by atoms with E-state index in [0.29, 0.717) is 19.4 Å². The number of amides is 1. The normalized spacial score (nSPS) is 14.0. The van der Waals surface area contributed by atoms with Gasteiger partial charge in [0.2, 0.25) is 5.91 Å². The minimum absolute atomic E-state index is 0.477. The smallest absolute Gasteiger partial charge is 0.237 e. The first-order valence-electron chi connectivity index (χ1n) is 6.12. The third-order valence-electron chi connectivity index (χ3n) is 3.06. The molecule has 0 spiro atoms. The summed E-state index contributed by atoms with van der Waals surface area (Å²) >= 11 is 0. The highest BCUT2D eigenvalue weighted by atomic mass is 16.5. The molecule has 0 heterocycles. The number of aryl methyl sites for hydroxylation is 2. The molecule has 1 amide bonds. The lowest BCUT2D eigenvalue weighted by atomic mass is 9.97. The highest BCUT2D eigenvalue weighted by Gasteiger charge is 2.24. The Morgan fingerprint density at radius 1 is 1.33 bits per heavy atom. The van der Waals surface area contributed by atoms with Gasteiger partial charge in [0.05, 0.1) is 12.1 Å². The Kier molecular flexibility index (Phi) is 4.73. The number of nitrogens with two attached hydrogens (primary N) is 2. The summed E-state index contributed by atoms with van der Waals surface area (Å²) in [5, 5.41) is 0. The highest BCUT2D eigenvalue weighted by molar-refractivity contribution is 5.83. The summed E-state index contributed by atoms with van der Waals surface area (Å²) in [6.45, 7) is 6.21. The van der Waals surface area contributed by atoms with Crippen molar-refractivity contribution in [2.24, 2.45) is 11.5 Å². The molecule has 4 heteroatoms. The van der Waals surface area contributed by atoms with Gasteiger partial charge in [-0.25, -0.2) is 0 Å². The molecule has 1 rings (SSSR count). The molecule has 0 fully saturated rings. The van der Waals surface area contributed by atoms with E-state index in [2.05, 4.69) is 0 Å². The van der Waals surface area contributed by atoms with Crippen LogP contribution in [0.25, 0.3) is 0 Å². The van der Waals surface area contributed by atoms with Gasteiger partial charge >= 0.3 is 0 Å². The topological polar surface area (TPSA) is 78.3 Å². The van der Waals surface area contributed by atoms with Crippen molar-refractivity contribution in [3.63, 3.8) is 0 Å². The third kappa shape index (κ3) is 3.74. The largest absolute Gasteiger partial charge is 0.493 e. The van der Waals surface area contributed by atoms with Gasteiger partial charge in [0.1, 0.15) is 5.75 Å². The van der Waals surface area contributed by atoms with Gasteiger partial charge in [-0.05, 0) is 44.7 Å². The first-order chi connectivity index (χ1) is 8.34. The molecule has 18 heavy (non-hydrogen) atoms. The first kappa shape index (κ1) is 14.5. The number of para-hydroxylation sites is 1. The summed E-state index contributed by atoms with van der Waals surface area (Å²) in [7, 11) is 0. The van der Waals surface area contributed by atoms with E-state index in [4.69, 9.17) is 16.2 Å². The van der Waals surface area contributed by atoms with E-state index in [1.54, 1.807) is 6.92 Å². The molecule has 1 unspecified atom stereocenters. The van der Waals surface area contributed by atoms with Gasteiger partial charge in [0.15, 0.2) is 0 Å². The molecular weight excluding hydrogens is 228 g/mol. The van der Waals surface area contributed by atoms with E-state index < -0.39 is 11.4 Å². The monoisotopic (exact) mass is 250 g/mol. The SMILES string of the molecule is Cc1cccc(C)c1OCCCC(C)(N)C(N)=O. The van der Waals surface area contributed by atoms with Crippen molar-refractivity contribution in [3.8, 4) is 5.75 Å². The molecule has 1 atom stereocenters. The van der Waals surface area contributed by atoms with Crippen LogP contribution in [-0.4, -0.2) is 18.1 Å². The first-order valence-corrected chi connectivity index (χ1v) is 6.12. The number of benzene rings is 1. The van der Waals surface area contributed by atoms with Gasteiger partial charge in [0, 0.05) is 0 Å². The molecule has 0 aromatic heterocycles. The van der Waals surface area contributed by atoms with Crippen molar-refractivity contribution in [2.45, 2.75) is 39.2 Å². The van der Waals surface area contributed by atoms with Crippen LogP contribution in [0.15, 0.2) is 18.2 Å². The highest BCUT2D eigenvalue weighted by Crippen LogP contribution is 2.22. The number of ether oxygens (including phenoxy) is 1. The van der Waals surface area contributed by atoms with Crippen LogP contribution in [0.4, 0.5) is 0 Å². The molecule has 0 bridgehead atoms. The fourth-order valence-electron chi connectivity index (χ4n) is 1.76. The van der Waals surface area contributed by atoms with Gasteiger partial charge in [-0.3, -0.25) is 4.79 Å². The van der Waals surface area contributed by atoms with E-state index in [9.17, 15) is 4.79 Å². The van der Waals surface area contributed by atoms with Gasteiger partial charge < -0.3 is 16.2 Å². The predicted octanol–water partition coefficient (Wildman–Crippen LogP) is 1.67. The van der Waals surface area contributed by atoms with Gasteiger partial charge in [0.25, 0.3) is 0 Å². The van der Waals surface area contributed by atoms with Crippen LogP contribution in [0, 0.1) is 13.8 Å². The van der Waals surface area contributed by atoms with Crippen molar-refractivity contribution >= 4 is 5.91 Å².